The summed E-state index contributed by atoms with van der Waals surface area (Å²) in [4.78, 5) is 11.5. The SMILES string of the molecule is COc1ccc2nc(-c3ccc(-c4ncccc4C(F)(F)F)c(Cl)c3)[nH]c2c1. The fourth-order valence-electron chi connectivity index (χ4n) is 2.96. The third kappa shape index (κ3) is 3.29. The van der Waals surface area contributed by atoms with Crippen LogP contribution in [0.5, 0.6) is 5.75 Å². The number of methoxy groups -OCH3 is 1. The lowest BCUT2D eigenvalue weighted by atomic mass is 10.0. The zero-order valence-electron chi connectivity index (χ0n) is 14.5. The van der Waals surface area contributed by atoms with E-state index in [1.54, 1.807) is 25.3 Å². The predicted octanol–water partition coefficient (Wildman–Crippen LogP) is 5.97. The zero-order valence-corrected chi connectivity index (χ0v) is 15.3. The van der Waals surface area contributed by atoms with Crippen LogP contribution in [0.4, 0.5) is 13.2 Å². The van der Waals surface area contributed by atoms with Crippen molar-refractivity contribution in [2.45, 2.75) is 6.18 Å². The molecule has 2 aromatic heterocycles. The van der Waals surface area contributed by atoms with Crippen LogP contribution in [0, 0.1) is 0 Å². The predicted molar refractivity (Wildman–Crippen MR) is 101 cm³/mol. The molecule has 0 amide bonds. The third-order valence-corrected chi connectivity index (χ3v) is 4.61. The van der Waals surface area contributed by atoms with Gasteiger partial charge in [0.25, 0.3) is 0 Å². The van der Waals surface area contributed by atoms with Gasteiger partial charge in [-0.15, -0.1) is 0 Å². The number of pyridine rings is 1. The van der Waals surface area contributed by atoms with Gasteiger partial charge < -0.3 is 9.72 Å². The van der Waals surface area contributed by atoms with E-state index in [1.165, 1.54) is 18.3 Å². The zero-order chi connectivity index (χ0) is 19.9. The van der Waals surface area contributed by atoms with Crippen LogP contribution in [0.25, 0.3) is 33.7 Å². The van der Waals surface area contributed by atoms with Gasteiger partial charge in [-0.1, -0.05) is 23.7 Å². The minimum atomic E-state index is -4.52. The molecule has 0 aliphatic heterocycles. The lowest BCUT2D eigenvalue weighted by Crippen LogP contribution is -2.08. The number of aromatic nitrogens is 3. The minimum absolute atomic E-state index is 0.153. The van der Waals surface area contributed by atoms with E-state index in [4.69, 9.17) is 16.3 Å². The number of halogens is 4. The Morgan fingerprint density at radius 2 is 1.89 bits per heavy atom. The van der Waals surface area contributed by atoms with Gasteiger partial charge >= 0.3 is 6.18 Å². The van der Waals surface area contributed by atoms with Crippen molar-refractivity contribution >= 4 is 22.6 Å². The molecule has 0 saturated heterocycles. The smallest absolute Gasteiger partial charge is 0.418 e. The molecule has 0 radical (unpaired) electrons. The summed E-state index contributed by atoms with van der Waals surface area (Å²) in [5.74, 6) is 1.24. The number of ether oxygens (including phenoxy) is 1. The van der Waals surface area contributed by atoms with E-state index in [0.717, 1.165) is 17.1 Å². The van der Waals surface area contributed by atoms with Gasteiger partial charge in [0.15, 0.2) is 0 Å². The number of hydrogen-bond donors (Lipinski definition) is 1. The Balaban J connectivity index is 1.77. The summed E-state index contributed by atoms with van der Waals surface area (Å²) in [5.41, 5.74) is 1.32. The van der Waals surface area contributed by atoms with E-state index in [9.17, 15) is 13.2 Å². The van der Waals surface area contributed by atoms with Crippen molar-refractivity contribution in [3.63, 3.8) is 0 Å². The van der Waals surface area contributed by atoms with Gasteiger partial charge in [-0.2, -0.15) is 13.2 Å². The van der Waals surface area contributed by atoms with Crippen LogP contribution in [-0.2, 0) is 6.18 Å². The van der Waals surface area contributed by atoms with Crippen LogP contribution in [0.3, 0.4) is 0 Å². The van der Waals surface area contributed by atoms with Gasteiger partial charge in [-0.05, 0) is 30.3 Å². The second-order valence-electron chi connectivity index (χ2n) is 6.06. The summed E-state index contributed by atoms with van der Waals surface area (Å²) in [6, 6.07) is 12.4. The van der Waals surface area contributed by atoms with Crippen molar-refractivity contribution in [2.75, 3.05) is 7.11 Å². The van der Waals surface area contributed by atoms with Gasteiger partial charge in [0.2, 0.25) is 0 Å². The Morgan fingerprint density at radius 1 is 1.07 bits per heavy atom. The van der Waals surface area contributed by atoms with Crippen LogP contribution in [0.15, 0.2) is 54.7 Å². The summed E-state index contributed by atoms with van der Waals surface area (Å²) >= 11 is 6.31. The molecule has 0 spiro atoms. The number of rotatable bonds is 3. The standard InChI is InChI=1S/C20H13ClF3N3O/c1-28-12-5-7-16-17(10-12)27-19(26-16)11-4-6-13(15(21)9-11)18-14(20(22,23)24)3-2-8-25-18/h2-10H,1H3,(H,26,27). The van der Waals surface area contributed by atoms with E-state index >= 15 is 0 Å². The van der Waals surface area contributed by atoms with E-state index < -0.39 is 11.7 Å². The Hall–Kier alpha value is -3.06. The molecule has 4 rings (SSSR count). The van der Waals surface area contributed by atoms with Crippen LogP contribution in [0.1, 0.15) is 5.56 Å². The Kier molecular flexibility index (Phi) is 4.47. The maximum absolute atomic E-state index is 13.3. The van der Waals surface area contributed by atoms with Crippen molar-refractivity contribution in [3.8, 4) is 28.4 Å². The molecule has 0 unspecified atom stereocenters. The number of nitrogens with zero attached hydrogens (tertiary/aromatic N) is 2. The maximum Gasteiger partial charge on any atom is 0.418 e. The highest BCUT2D eigenvalue weighted by Gasteiger charge is 2.34. The summed E-state index contributed by atoms with van der Waals surface area (Å²) < 4.78 is 45.0. The van der Waals surface area contributed by atoms with Crippen molar-refractivity contribution in [1.82, 2.24) is 15.0 Å². The Labute approximate surface area is 163 Å². The molecular weight excluding hydrogens is 391 g/mol. The molecular formula is C20H13ClF3N3O. The van der Waals surface area contributed by atoms with E-state index in [2.05, 4.69) is 15.0 Å². The number of aromatic amines is 1. The molecule has 142 valence electrons. The molecule has 4 aromatic rings. The highest BCUT2D eigenvalue weighted by Crippen LogP contribution is 2.39. The van der Waals surface area contributed by atoms with Crippen molar-refractivity contribution in [2.24, 2.45) is 0 Å². The third-order valence-electron chi connectivity index (χ3n) is 4.30. The van der Waals surface area contributed by atoms with Crippen LogP contribution in [0.2, 0.25) is 5.02 Å². The first-order valence-corrected chi connectivity index (χ1v) is 8.61. The number of H-pyrrole nitrogens is 1. The lowest BCUT2D eigenvalue weighted by molar-refractivity contribution is -0.137. The number of hydrogen-bond acceptors (Lipinski definition) is 3. The summed E-state index contributed by atoms with van der Waals surface area (Å²) in [7, 11) is 1.57. The highest BCUT2D eigenvalue weighted by atomic mass is 35.5. The Morgan fingerprint density at radius 3 is 2.61 bits per heavy atom. The first kappa shape index (κ1) is 18.3. The maximum atomic E-state index is 13.3. The average molecular weight is 404 g/mol. The van der Waals surface area contributed by atoms with E-state index in [0.29, 0.717) is 17.1 Å². The van der Waals surface area contributed by atoms with E-state index in [1.807, 2.05) is 12.1 Å². The highest BCUT2D eigenvalue weighted by molar-refractivity contribution is 6.33. The van der Waals surface area contributed by atoms with Gasteiger partial charge in [-0.3, -0.25) is 4.98 Å². The van der Waals surface area contributed by atoms with Crippen molar-refractivity contribution in [3.05, 3.63) is 65.3 Å². The molecule has 28 heavy (non-hydrogen) atoms. The first-order valence-electron chi connectivity index (χ1n) is 8.23. The largest absolute Gasteiger partial charge is 0.497 e. The molecule has 0 aliphatic rings. The molecule has 8 heteroatoms. The number of nitrogens with one attached hydrogen (secondary N) is 1. The van der Waals surface area contributed by atoms with Crippen molar-refractivity contribution < 1.29 is 17.9 Å². The number of benzene rings is 2. The topological polar surface area (TPSA) is 50.8 Å². The second-order valence-corrected chi connectivity index (χ2v) is 6.47. The molecule has 0 aliphatic carbocycles. The van der Waals surface area contributed by atoms with Crippen molar-refractivity contribution in [1.29, 1.82) is 0 Å². The average Bonchev–Trinajstić information content (AvgIpc) is 3.10. The number of fused-ring (bicyclic) bond motifs is 1. The quantitative estimate of drug-likeness (QED) is 0.458. The molecule has 0 fully saturated rings. The summed E-state index contributed by atoms with van der Waals surface area (Å²) in [5, 5.41) is 0.153. The summed E-state index contributed by atoms with van der Waals surface area (Å²) in [6.45, 7) is 0. The van der Waals surface area contributed by atoms with Crippen LogP contribution < -0.4 is 4.74 Å². The number of alkyl halides is 3. The molecule has 2 heterocycles. The molecule has 2 aromatic carbocycles. The lowest BCUT2D eigenvalue weighted by Gasteiger charge is -2.13. The molecule has 0 saturated carbocycles. The minimum Gasteiger partial charge on any atom is -0.497 e. The molecule has 0 atom stereocenters. The fourth-order valence-corrected chi connectivity index (χ4v) is 3.23. The summed E-state index contributed by atoms with van der Waals surface area (Å²) in [6.07, 6.45) is -3.22. The van der Waals surface area contributed by atoms with Gasteiger partial charge in [-0.25, -0.2) is 4.98 Å². The van der Waals surface area contributed by atoms with Gasteiger partial charge in [0.05, 0.1) is 34.4 Å². The normalized spacial score (nSPS) is 11.8. The van der Waals surface area contributed by atoms with Gasteiger partial charge in [0.1, 0.15) is 11.6 Å². The van der Waals surface area contributed by atoms with Gasteiger partial charge in [0, 0.05) is 23.4 Å². The molecule has 4 nitrogen and oxygen atoms in total. The molecule has 0 bridgehead atoms. The fraction of sp³-hybridized carbons (Fsp3) is 0.100. The number of imidazole rings is 1. The van der Waals surface area contributed by atoms with Crippen LogP contribution in [-0.4, -0.2) is 22.1 Å². The monoisotopic (exact) mass is 403 g/mol. The first-order chi connectivity index (χ1) is 13.4. The second kappa shape index (κ2) is 6.83. The Bertz CT molecular complexity index is 1170. The van der Waals surface area contributed by atoms with Crippen LogP contribution >= 0.6 is 11.6 Å². The van der Waals surface area contributed by atoms with E-state index in [-0.39, 0.29) is 16.3 Å². The molecule has 1 N–H and O–H groups in total.